The van der Waals surface area contributed by atoms with Gasteiger partial charge < -0.3 is 10.2 Å². The van der Waals surface area contributed by atoms with Crippen molar-refractivity contribution in [3.63, 3.8) is 0 Å². The molecule has 1 fully saturated rings. The van der Waals surface area contributed by atoms with Gasteiger partial charge in [0.25, 0.3) is 0 Å². The maximum Gasteiger partial charge on any atom is 0.244 e. The van der Waals surface area contributed by atoms with Crippen molar-refractivity contribution in [2.24, 2.45) is 5.92 Å². The molecule has 3 heteroatoms. The highest BCUT2D eigenvalue weighted by molar-refractivity contribution is 5.84. The van der Waals surface area contributed by atoms with Crippen molar-refractivity contribution in [2.45, 2.75) is 45.2 Å². The lowest BCUT2D eigenvalue weighted by Crippen LogP contribution is -2.50. The Morgan fingerprint density at radius 3 is 2.90 bits per heavy atom. The molecule has 0 bridgehead atoms. The Bertz CT molecular complexity index is 500. The van der Waals surface area contributed by atoms with Crippen LogP contribution in [0.5, 0.6) is 0 Å². The molecule has 3 unspecified atom stereocenters. The van der Waals surface area contributed by atoms with Crippen molar-refractivity contribution in [3.05, 3.63) is 35.4 Å². The predicted octanol–water partition coefficient (Wildman–Crippen LogP) is 2.52. The molecule has 0 aliphatic carbocycles. The van der Waals surface area contributed by atoms with Gasteiger partial charge in [-0.2, -0.15) is 0 Å². The van der Waals surface area contributed by atoms with E-state index in [1.807, 2.05) is 6.07 Å². The zero-order valence-corrected chi connectivity index (χ0v) is 12.4. The van der Waals surface area contributed by atoms with Gasteiger partial charge in [-0.1, -0.05) is 31.2 Å². The first-order chi connectivity index (χ1) is 9.66. The van der Waals surface area contributed by atoms with Gasteiger partial charge >= 0.3 is 0 Å². The van der Waals surface area contributed by atoms with E-state index in [0.717, 1.165) is 38.3 Å². The molecule has 0 radical (unpaired) electrons. The molecule has 108 valence electrons. The van der Waals surface area contributed by atoms with E-state index in [9.17, 15) is 4.79 Å². The number of hydrogen-bond acceptors (Lipinski definition) is 2. The Hall–Kier alpha value is -1.35. The third kappa shape index (κ3) is 2.47. The minimum Gasteiger partial charge on any atom is -0.338 e. The van der Waals surface area contributed by atoms with E-state index in [-0.39, 0.29) is 11.9 Å². The number of hydrogen-bond donors (Lipinski definition) is 1. The second-order valence-electron chi connectivity index (χ2n) is 6.35. The molecule has 3 rings (SSSR count). The van der Waals surface area contributed by atoms with E-state index >= 15 is 0 Å². The molecule has 1 saturated heterocycles. The van der Waals surface area contributed by atoms with E-state index in [0.29, 0.717) is 6.04 Å². The molecule has 1 N–H and O–H groups in total. The van der Waals surface area contributed by atoms with E-state index in [4.69, 9.17) is 0 Å². The summed E-state index contributed by atoms with van der Waals surface area (Å²) in [4.78, 5) is 15.0. The SMILES string of the molecule is CC1CCN(C(=O)C2NCCc3ccccc32)C(C)C1. The van der Waals surface area contributed by atoms with Crippen molar-refractivity contribution >= 4 is 5.91 Å². The lowest BCUT2D eigenvalue weighted by atomic mass is 9.90. The topological polar surface area (TPSA) is 32.3 Å². The molecule has 2 aliphatic rings. The van der Waals surface area contributed by atoms with Crippen LogP contribution >= 0.6 is 0 Å². The largest absolute Gasteiger partial charge is 0.338 e. The molecule has 3 atom stereocenters. The van der Waals surface area contributed by atoms with Crippen molar-refractivity contribution < 1.29 is 4.79 Å². The minimum absolute atomic E-state index is 0.143. The van der Waals surface area contributed by atoms with Crippen molar-refractivity contribution in [1.82, 2.24) is 10.2 Å². The summed E-state index contributed by atoms with van der Waals surface area (Å²) in [7, 11) is 0. The van der Waals surface area contributed by atoms with Gasteiger partial charge in [-0.15, -0.1) is 0 Å². The first kappa shape index (κ1) is 13.6. The van der Waals surface area contributed by atoms with Crippen LogP contribution in [0.2, 0.25) is 0 Å². The van der Waals surface area contributed by atoms with Gasteiger partial charge in [0.05, 0.1) is 0 Å². The van der Waals surface area contributed by atoms with Gasteiger partial charge in [-0.3, -0.25) is 4.79 Å². The Labute approximate surface area is 121 Å². The van der Waals surface area contributed by atoms with Crippen molar-refractivity contribution in [3.8, 4) is 0 Å². The Morgan fingerprint density at radius 2 is 2.10 bits per heavy atom. The summed E-state index contributed by atoms with van der Waals surface area (Å²) in [6.45, 7) is 6.27. The highest BCUT2D eigenvalue weighted by Crippen LogP contribution is 2.28. The third-order valence-corrected chi connectivity index (χ3v) is 4.78. The lowest BCUT2D eigenvalue weighted by Gasteiger charge is -2.39. The van der Waals surface area contributed by atoms with Crippen LogP contribution < -0.4 is 5.32 Å². The first-order valence-electron chi connectivity index (χ1n) is 7.78. The lowest BCUT2D eigenvalue weighted by molar-refractivity contribution is -0.137. The number of benzene rings is 1. The number of amides is 1. The molecule has 1 aromatic carbocycles. The average molecular weight is 272 g/mol. The summed E-state index contributed by atoms with van der Waals surface area (Å²) in [6.07, 6.45) is 3.27. The molecule has 2 heterocycles. The fourth-order valence-electron chi connectivity index (χ4n) is 3.63. The fraction of sp³-hybridized carbons (Fsp3) is 0.588. The fourth-order valence-corrected chi connectivity index (χ4v) is 3.63. The molecular weight excluding hydrogens is 248 g/mol. The number of nitrogens with zero attached hydrogens (tertiary/aromatic N) is 1. The summed E-state index contributed by atoms with van der Waals surface area (Å²) >= 11 is 0. The Balaban J connectivity index is 1.81. The standard InChI is InChI=1S/C17H24N2O/c1-12-8-10-19(13(2)11-12)17(20)16-15-6-4-3-5-14(15)7-9-18-16/h3-6,12-13,16,18H,7-11H2,1-2H3. The zero-order valence-electron chi connectivity index (χ0n) is 12.4. The molecule has 20 heavy (non-hydrogen) atoms. The van der Waals surface area contributed by atoms with Crippen LogP contribution in [0.15, 0.2) is 24.3 Å². The number of carbonyl (C=O) groups excluding carboxylic acids is 1. The van der Waals surface area contributed by atoms with Crippen LogP contribution in [0.1, 0.15) is 43.9 Å². The molecule has 1 aromatic rings. The molecule has 3 nitrogen and oxygen atoms in total. The molecular formula is C17H24N2O. The van der Waals surface area contributed by atoms with E-state index in [2.05, 4.69) is 42.3 Å². The molecule has 2 aliphatic heterocycles. The van der Waals surface area contributed by atoms with Crippen molar-refractivity contribution in [2.75, 3.05) is 13.1 Å². The van der Waals surface area contributed by atoms with Crippen LogP contribution in [0.3, 0.4) is 0 Å². The van der Waals surface area contributed by atoms with Crippen LogP contribution in [0, 0.1) is 5.92 Å². The van der Waals surface area contributed by atoms with Gasteiger partial charge in [0.1, 0.15) is 6.04 Å². The van der Waals surface area contributed by atoms with E-state index in [1.54, 1.807) is 0 Å². The summed E-state index contributed by atoms with van der Waals surface area (Å²) in [6, 6.07) is 8.57. The minimum atomic E-state index is -0.143. The zero-order chi connectivity index (χ0) is 14.1. The maximum atomic E-state index is 12.9. The smallest absolute Gasteiger partial charge is 0.244 e. The number of piperidine rings is 1. The second-order valence-corrected chi connectivity index (χ2v) is 6.35. The summed E-state index contributed by atoms with van der Waals surface area (Å²) in [5, 5.41) is 3.41. The molecule has 0 saturated carbocycles. The van der Waals surface area contributed by atoms with Crippen LogP contribution in [0.25, 0.3) is 0 Å². The number of rotatable bonds is 1. The van der Waals surface area contributed by atoms with Gasteiger partial charge in [-0.25, -0.2) is 0 Å². The van der Waals surface area contributed by atoms with E-state index in [1.165, 1.54) is 11.1 Å². The monoisotopic (exact) mass is 272 g/mol. The number of carbonyl (C=O) groups is 1. The maximum absolute atomic E-state index is 12.9. The number of fused-ring (bicyclic) bond motifs is 1. The Morgan fingerprint density at radius 1 is 1.30 bits per heavy atom. The van der Waals surface area contributed by atoms with Gasteiger partial charge in [-0.05, 0) is 43.2 Å². The van der Waals surface area contributed by atoms with Gasteiger partial charge in [0, 0.05) is 19.1 Å². The summed E-state index contributed by atoms with van der Waals surface area (Å²) < 4.78 is 0. The van der Waals surface area contributed by atoms with Crippen molar-refractivity contribution in [1.29, 1.82) is 0 Å². The molecule has 1 amide bonds. The Kier molecular flexibility index (Phi) is 3.79. The highest BCUT2D eigenvalue weighted by Gasteiger charge is 2.33. The van der Waals surface area contributed by atoms with Gasteiger partial charge in [0.2, 0.25) is 5.91 Å². The quantitative estimate of drug-likeness (QED) is 0.852. The second kappa shape index (κ2) is 5.57. The van der Waals surface area contributed by atoms with Crippen LogP contribution in [-0.4, -0.2) is 29.9 Å². The van der Waals surface area contributed by atoms with Crippen LogP contribution in [0.4, 0.5) is 0 Å². The van der Waals surface area contributed by atoms with Gasteiger partial charge in [0.15, 0.2) is 0 Å². The molecule has 0 aromatic heterocycles. The summed E-state index contributed by atoms with van der Waals surface area (Å²) in [5.74, 6) is 0.997. The molecule has 0 spiro atoms. The first-order valence-corrected chi connectivity index (χ1v) is 7.78. The summed E-state index contributed by atoms with van der Waals surface area (Å²) in [5.41, 5.74) is 2.50. The predicted molar refractivity (Wildman–Crippen MR) is 80.5 cm³/mol. The number of nitrogens with one attached hydrogen (secondary N) is 1. The highest BCUT2D eigenvalue weighted by atomic mass is 16.2. The van der Waals surface area contributed by atoms with Crippen LogP contribution in [-0.2, 0) is 11.2 Å². The van der Waals surface area contributed by atoms with E-state index < -0.39 is 0 Å². The average Bonchev–Trinajstić information content (AvgIpc) is 2.46. The third-order valence-electron chi connectivity index (χ3n) is 4.78. The normalized spacial score (nSPS) is 29.9. The number of likely N-dealkylation sites (tertiary alicyclic amines) is 1.